The minimum Gasteiger partial charge on any atom is -0.304 e. The highest BCUT2D eigenvalue weighted by Gasteiger charge is 2.37. The van der Waals surface area contributed by atoms with Crippen molar-refractivity contribution in [3.05, 3.63) is 53.5 Å². The van der Waals surface area contributed by atoms with E-state index >= 15 is 0 Å². The van der Waals surface area contributed by atoms with E-state index in [0.717, 1.165) is 10.1 Å². The summed E-state index contributed by atoms with van der Waals surface area (Å²) in [6, 6.07) is 7.90. The average Bonchev–Trinajstić information content (AvgIpc) is 2.96. The number of aromatic nitrogens is 3. The molecule has 6 nitrogen and oxygen atoms in total. The first-order valence-electron chi connectivity index (χ1n) is 8.05. The zero-order valence-electron chi connectivity index (χ0n) is 14.6. The zero-order chi connectivity index (χ0) is 19.8. The number of sulfonamides is 1. The van der Waals surface area contributed by atoms with E-state index in [1.165, 1.54) is 24.4 Å². The van der Waals surface area contributed by atoms with Gasteiger partial charge in [-0.3, -0.25) is 0 Å². The molecule has 0 fully saturated rings. The molecular formula is C17H17F3N4O2S. The Kier molecular flexibility index (Phi) is 4.96. The maximum absolute atomic E-state index is 13.3. The number of nitrogens with one attached hydrogen (secondary N) is 1. The third-order valence-corrected chi connectivity index (χ3v) is 5.62. The zero-order valence-corrected chi connectivity index (χ0v) is 15.4. The van der Waals surface area contributed by atoms with Crippen molar-refractivity contribution in [3.63, 3.8) is 0 Å². The van der Waals surface area contributed by atoms with Gasteiger partial charge in [0.15, 0.2) is 5.65 Å². The van der Waals surface area contributed by atoms with E-state index in [1.807, 2.05) is 0 Å². The Morgan fingerprint density at radius 2 is 1.93 bits per heavy atom. The van der Waals surface area contributed by atoms with E-state index in [4.69, 9.17) is 0 Å². The second kappa shape index (κ2) is 6.93. The lowest BCUT2D eigenvalue weighted by atomic mass is 10.2. The van der Waals surface area contributed by atoms with E-state index in [9.17, 15) is 21.6 Å². The van der Waals surface area contributed by atoms with Gasteiger partial charge in [-0.2, -0.15) is 13.2 Å². The summed E-state index contributed by atoms with van der Waals surface area (Å²) in [7, 11) is -3.85. The first-order chi connectivity index (χ1) is 12.6. The minimum atomic E-state index is -4.67. The SMILES string of the molecule is Cc1ccc(C)c(S(=O)(=O)NCCn2c(C(F)(F)F)nc3cccnc32)c1. The maximum Gasteiger partial charge on any atom is 0.449 e. The molecule has 0 atom stereocenters. The van der Waals surface area contributed by atoms with Crippen molar-refractivity contribution < 1.29 is 21.6 Å². The molecule has 0 unspecified atom stereocenters. The second-order valence-electron chi connectivity index (χ2n) is 6.10. The van der Waals surface area contributed by atoms with E-state index in [-0.39, 0.29) is 29.1 Å². The number of hydrogen-bond donors (Lipinski definition) is 1. The molecule has 0 aliphatic heterocycles. The lowest BCUT2D eigenvalue weighted by Gasteiger charge is -2.13. The number of fused-ring (bicyclic) bond motifs is 1. The van der Waals surface area contributed by atoms with Crippen LogP contribution >= 0.6 is 0 Å². The molecule has 144 valence electrons. The molecule has 2 heterocycles. The van der Waals surface area contributed by atoms with Gasteiger partial charge < -0.3 is 4.57 Å². The van der Waals surface area contributed by atoms with Crippen molar-refractivity contribution in [2.24, 2.45) is 0 Å². The van der Waals surface area contributed by atoms with Crippen LogP contribution in [0, 0.1) is 13.8 Å². The monoisotopic (exact) mass is 398 g/mol. The van der Waals surface area contributed by atoms with Crippen molar-refractivity contribution in [1.29, 1.82) is 0 Å². The van der Waals surface area contributed by atoms with Crippen LogP contribution in [0.3, 0.4) is 0 Å². The third kappa shape index (κ3) is 3.96. The van der Waals surface area contributed by atoms with Gasteiger partial charge in [-0.25, -0.2) is 23.1 Å². The molecule has 3 aromatic rings. The molecule has 1 N–H and O–H groups in total. The van der Waals surface area contributed by atoms with Crippen LogP contribution in [0.15, 0.2) is 41.4 Å². The van der Waals surface area contributed by atoms with E-state index in [1.54, 1.807) is 26.0 Å². The Morgan fingerprint density at radius 3 is 2.63 bits per heavy atom. The van der Waals surface area contributed by atoms with Crippen molar-refractivity contribution >= 4 is 21.2 Å². The molecule has 0 bridgehead atoms. The van der Waals surface area contributed by atoms with Gasteiger partial charge in [0, 0.05) is 19.3 Å². The number of rotatable bonds is 5. The summed E-state index contributed by atoms with van der Waals surface area (Å²) < 4.78 is 68.0. The van der Waals surface area contributed by atoms with E-state index in [2.05, 4.69) is 14.7 Å². The van der Waals surface area contributed by atoms with Gasteiger partial charge in [0.1, 0.15) is 5.52 Å². The molecule has 2 aromatic heterocycles. The molecule has 1 aromatic carbocycles. The number of aryl methyl sites for hydroxylation is 2. The van der Waals surface area contributed by atoms with Gasteiger partial charge in [0.05, 0.1) is 4.90 Å². The number of nitrogens with zero attached hydrogens (tertiary/aromatic N) is 3. The smallest absolute Gasteiger partial charge is 0.304 e. The van der Waals surface area contributed by atoms with Gasteiger partial charge >= 0.3 is 6.18 Å². The molecule has 0 saturated carbocycles. The van der Waals surface area contributed by atoms with Crippen LogP contribution in [-0.4, -0.2) is 29.5 Å². The molecule has 0 spiro atoms. The van der Waals surface area contributed by atoms with Crippen molar-refractivity contribution in [2.45, 2.75) is 31.5 Å². The highest BCUT2D eigenvalue weighted by atomic mass is 32.2. The fourth-order valence-electron chi connectivity index (χ4n) is 2.75. The maximum atomic E-state index is 13.3. The van der Waals surface area contributed by atoms with Gasteiger partial charge in [-0.15, -0.1) is 0 Å². The summed E-state index contributed by atoms with van der Waals surface area (Å²) in [5.41, 5.74) is 1.47. The predicted molar refractivity (Wildman–Crippen MR) is 93.6 cm³/mol. The quantitative estimate of drug-likeness (QED) is 0.717. The molecule has 3 rings (SSSR count). The highest BCUT2D eigenvalue weighted by Crippen LogP contribution is 2.30. The van der Waals surface area contributed by atoms with Crippen LogP contribution in [0.1, 0.15) is 17.0 Å². The predicted octanol–water partition coefficient (Wildman–Crippen LogP) is 3.05. The van der Waals surface area contributed by atoms with E-state index < -0.39 is 22.0 Å². The summed E-state index contributed by atoms with van der Waals surface area (Å²) in [4.78, 5) is 7.62. The van der Waals surface area contributed by atoms with Crippen molar-refractivity contribution in [1.82, 2.24) is 19.3 Å². The molecule has 0 radical (unpaired) electrons. The van der Waals surface area contributed by atoms with Gasteiger partial charge in [-0.05, 0) is 43.2 Å². The Hall–Kier alpha value is -2.46. The summed E-state index contributed by atoms with van der Waals surface area (Å²) in [6.45, 7) is 2.92. The standard InChI is InChI=1S/C17H17F3N4O2S/c1-11-5-6-12(2)14(10-11)27(25,26)22-8-9-24-15-13(4-3-7-21-15)23-16(24)17(18,19)20/h3-7,10,22H,8-9H2,1-2H3. The molecule has 27 heavy (non-hydrogen) atoms. The number of benzene rings is 1. The molecular weight excluding hydrogens is 381 g/mol. The Balaban J connectivity index is 1.86. The average molecular weight is 398 g/mol. The first kappa shape index (κ1) is 19.3. The van der Waals surface area contributed by atoms with Gasteiger partial charge in [0.2, 0.25) is 15.8 Å². The fourth-order valence-corrected chi connectivity index (χ4v) is 4.10. The molecule has 0 aliphatic rings. The van der Waals surface area contributed by atoms with Gasteiger partial charge in [-0.1, -0.05) is 12.1 Å². The summed E-state index contributed by atoms with van der Waals surface area (Å²) in [5.74, 6) is -1.11. The molecule has 0 aliphatic carbocycles. The number of pyridine rings is 1. The number of imidazole rings is 1. The largest absolute Gasteiger partial charge is 0.449 e. The third-order valence-electron chi connectivity index (χ3n) is 4.02. The van der Waals surface area contributed by atoms with E-state index in [0.29, 0.717) is 5.56 Å². The minimum absolute atomic E-state index is 0.0516. The molecule has 0 amide bonds. The lowest BCUT2D eigenvalue weighted by Crippen LogP contribution is -2.29. The lowest BCUT2D eigenvalue weighted by molar-refractivity contribution is -0.146. The topological polar surface area (TPSA) is 76.9 Å². The second-order valence-corrected chi connectivity index (χ2v) is 7.83. The normalized spacial score (nSPS) is 12.6. The van der Waals surface area contributed by atoms with Gasteiger partial charge in [0.25, 0.3) is 0 Å². The van der Waals surface area contributed by atoms with Crippen LogP contribution in [0.2, 0.25) is 0 Å². The first-order valence-corrected chi connectivity index (χ1v) is 9.53. The Bertz CT molecular complexity index is 1090. The summed E-state index contributed by atoms with van der Waals surface area (Å²) >= 11 is 0. The number of halogens is 3. The van der Waals surface area contributed by atoms with Crippen molar-refractivity contribution in [3.8, 4) is 0 Å². The molecule has 10 heteroatoms. The Morgan fingerprint density at radius 1 is 1.19 bits per heavy atom. The highest BCUT2D eigenvalue weighted by molar-refractivity contribution is 7.89. The summed E-state index contributed by atoms with van der Waals surface area (Å²) in [6.07, 6.45) is -3.31. The Labute approximate surface area is 154 Å². The molecule has 0 saturated heterocycles. The number of alkyl halides is 3. The number of hydrogen-bond acceptors (Lipinski definition) is 4. The van der Waals surface area contributed by atoms with Crippen LogP contribution in [0.5, 0.6) is 0 Å². The van der Waals surface area contributed by atoms with Crippen LogP contribution in [0.4, 0.5) is 13.2 Å². The van der Waals surface area contributed by atoms with Crippen LogP contribution < -0.4 is 4.72 Å². The van der Waals surface area contributed by atoms with Crippen LogP contribution in [0.25, 0.3) is 11.2 Å². The fraction of sp³-hybridized carbons (Fsp3) is 0.294. The van der Waals surface area contributed by atoms with Crippen LogP contribution in [-0.2, 0) is 22.7 Å². The van der Waals surface area contributed by atoms with Crippen molar-refractivity contribution in [2.75, 3.05) is 6.54 Å². The summed E-state index contributed by atoms with van der Waals surface area (Å²) in [5, 5.41) is 0.